The summed E-state index contributed by atoms with van der Waals surface area (Å²) >= 11 is 6.22. The third kappa shape index (κ3) is 2.75. The zero-order valence-electron chi connectivity index (χ0n) is 11.0. The smallest absolute Gasteiger partial charge is 0.170 e. The van der Waals surface area contributed by atoms with Crippen LogP contribution in [0.1, 0.15) is 18.5 Å². The Kier molecular flexibility index (Phi) is 4.10. The van der Waals surface area contributed by atoms with Crippen LogP contribution < -0.4 is 4.74 Å². The van der Waals surface area contributed by atoms with Gasteiger partial charge < -0.3 is 19.1 Å². The first-order valence-electron chi connectivity index (χ1n) is 6.71. The molecule has 5 nitrogen and oxygen atoms in total. The minimum Gasteiger partial charge on any atom is -0.489 e. The van der Waals surface area contributed by atoms with Gasteiger partial charge in [-0.05, 0) is 18.9 Å². The molecule has 2 aromatic rings. The molecule has 3 rings (SSSR count). The van der Waals surface area contributed by atoms with Crippen LogP contribution in [0.2, 0.25) is 5.02 Å². The molecular formula is C14H16ClNO4. The zero-order chi connectivity index (χ0) is 13.9. The first-order chi connectivity index (χ1) is 9.78. The number of halogens is 1. The highest BCUT2D eigenvalue weighted by Crippen LogP contribution is 2.32. The van der Waals surface area contributed by atoms with Gasteiger partial charge in [-0.25, -0.2) is 0 Å². The van der Waals surface area contributed by atoms with E-state index in [9.17, 15) is 0 Å². The van der Waals surface area contributed by atoms with Gasteiger partial charge in [0.25, 0.3) is 0 Å². The van der Waals surface area contributed by atoms with Crippen molar-refractivity contribution in [1.82, 2.24) is 5.16 Å². The topological polar surface area (TPSA) is 64.7 Å². The summed E-state index contributed by atoms with van der Waals surface area (Å²) in [6.45, 7) is 1.31. The molecular weight excluding hydrogens is 282 g/mol. The summed E-state index contributed by atoms with van der Waals surface area (Å²) in [5, 5.41) is 14.2. The van der Waals surface area contributed by atoms with Crippen molar-refractivity contribution in [3.8, 4) is 5.75 Å². The Hall–Kier alpha value is -1.30. The van der Waals surface area contributed by atoms with Crippen LogP contribution in [0.15, 0.2) is 16.7 Å². The number of rotatable bonds is 5. The van der Waals surface area contributed by atoms with Gasteiger partial charge in [0.2, 0.25) is 0 Å². The number of aromatic nitrogens is 1. The predicted octanol–water partition coefficient (Wildman–Crippen LogP) is 2.57. The van der Waals surface area contributed by atoms with Gasteiger partial charge in [-0.15, -0.1) is 0 Å². The van der Waals surface area contributed by atoms with E-state index in [0.717, 1.165) is 24.8 Å². The summed E-state index contributed by atoms with van der Waals surface area (Å²) < 4.78 is 16.4. The third-order valence-electron chi connectivity index (χ3n) is 3.40. The van der Waals surface area contributed by atoms with Crippen molar-refractivity contribution in [2.75, 3.05) is 19.8 Å². The maximum Gasteiger partial charge on any atom is 0.170 e. The van der Waals surface area contributed by atoms with Crippen molar-refractivity contribution in [1.29, 1.82) is 0 Å². The third-order valence-corrected chi connectivity index (χ3v) is 3.69. The van der Waals surface area contributed by atoms with E-state index >= 15 is 0 Å². The number of hydrogen-bond donors (Lipinski definition) is 1. The quantitative estimate of drug-likeness (QED) is 0.919. The maximum absolute atomic E-state index is 8.97. The van der Waals surface area contributed by atoms with E-state index in [1.165, 1.54) is 0 Å². The first kappa shape index (κ1) is 13.7. The number of fused-ring (bicyclic) bond motifs is 1. The summed E-state index contributed by atoms with van der Waals surface area (Å²) in [4.78, 5) is 0. The lowest BCUT2D eigenvalue weighted by Gasteiger charge is -2.12. The minimum absolute atomic E-state index is 0.0243. The average Bonchev–Trinajstić information content (AvgIpc) is 3.07. The molecule has 108 valence electrons. The highest BCUT2D eigenvalue weighted by Gasteiger charge is 2.18. The van der Waals surface area contributed by atoms with Crippen LogP contribution in [-0.2, 0) is 11.2 Å². The molecule has 1 aliphatic heterocycles. The molecule has 1 aromatic heterocycles. The molecule has 2 heterocycles. The van der Waals surface area contributed by atoms with Gasteiger partial charge in [-0.3, -0.25) is 0 Å². The molecule has 0 radical (unpaired) electrons. The standard InChI is InChI=1S/C14H16ClNO4/c15-11-6-10-12(3-4-17)16-20-13(10)7-14(11)19-8-9-2-1-5-18-9/h6-7,9,17H,1-5,8H2. The lowest BCUT2D eigenvalue weighted by atomic mass is 10.1. The number of aliphatic hydroxyl groups is 1. The zero-order valence-corrected chi connectivity index (χ0v) is 11.7. The summed E-state index contributed by atoms with van der Waals surface area (Å²) in [5.74, 6) is 0.571. The molecule has 0 saturated carbocycles. The van der Waals surface area contributed by atoms with Crippen molar-refractivity contribution in [3.63, 3.8) is 0 Å². The molecule has 1 saturated heterocycles. The molecule has 1 unspecified atom stereocenters. The Morgan fingerprint density at radius 2 is 2.35 bits per heavy atom. The van der Waals surface area contributed by atoms with Crippen molar-refractivity contribution in [3.05, 3.63) is 22.8 Å². The summed E-state index contributed by atoms with van der Waals surface area (Å²) in [7, 11) is 0. The van der Waals surface area contributed by atoms with E-state index in [1.54, 1.807) is 12.1 Å². The predicted molar refractivity (Wildman–Crippen MR) is 74.3 cm³/mol. The highest BCUT2D eigenvalue weighted by atomic mass is 35.5. The maximum atomic E-state index is 8.97. The second kappa shape index (κ2) is 5.99. The molecule has 1 aromatic carbocycles. The van der Waals surface area contributed by atoms with Gasteiger partial charge in [0.15, 0.2) is 5.58 Å². The Bertz CT molecular complexity index is 592. The Labute approximate surface area is 121 Å². The lowest BCUT2D eigenvalue weighted by molar-refractivity contribution is 0.0680. The van der Waals surface area contributed by atoms with E-state index in [4.69, 9.17) is 30.7 Å². The van der Waals surface area contributed by atoms with Crippen molar-refractivity contribution < 1.29 is 19.1 Å². The number of benzene rings is 1. The van der Waals surface area contributed by atoms with E-state index < -0.39 is 0 Å². The van der Waals surface area contributed by atoms with Gasteiger partial charge in [0, 0.05) is 31.1 Å². The van der Waals surface area contributed by atoms with Crippen LogP contribution in [0.4, 0.5) is 0 Å². The first-order valence-corrected chi connectivity index (χ1v) is 7.09. The fourth-order valence-corrected chi connectivity index (χ4v) is 2.56. The molecule has 6 heteroatoms. The normalized spacial score (nSPS) is 18.8. The summed E-state index contributed by atoms with van der Waals surface area (Å²) in [5.41, 5.74) is 1.32. The molecule has 1 aliphatic rings. The van der Waals surface area contributed by atoms with Gasteiger partial charge in [-0.1, -0.05) is 16.8 Å². The van der Waals surface area contributed by atoms with Crippen LogP contribution in [0, 0.1) is 0 Å². The van der Waals surface area contributed by atoms with Gasteiger partial charge in [0.1, 0.15) is 12.4 Å². The number of nitrogens with zero attached hydrogens (tertiary/aromatic N) is 1. The molecule has 20 heavy (non-hydrogen) atoms. The second-order valence-corrected chi connectivity index (χ2v) is 5.23. The summed E-state index contributed by atoms with van der Waals surface area (Å²) in [6.07, 6.45) is 2.68. The van der Waals surface area contributed by atoms with Crippen LogP contribution in [-0.4, -0.2) is 36.2 Å². The molecule has 1 N–H and O–H groups in total. The van der Waals surface area contributed by atoms with Gasteiger partial charge in [-0.2, -0.15) is 0 Å². The second-order valence-electron chi connectivity index (χ2n) is 4.83. The largest absolute Gasteiger partial charge is 0.489 e. The molecule has 0 spiro atoms. The molecule has 0 aliphatic carbocycles. The van der Waals surface area contributed by atoms with Crippen molar-refractivity contribution in [2.24, 2.45) is 0 Å². The molecule has 0 amide bonds. The van der Waals surface area contributed by atoms with Crippen molar-refractivity contribution >= 4 is 22.6 Å². The van der Waals surface area contributed by atoms with E-state index in [0.29, 0.717) is 35.1 Å². The Morgan fingerprint density at radius 1 is 1.45 bits per heavy atom. The fourth-order valence-electron chi connectivity index (χ4n) is 2.34. The minimum atomic E-state index is 0.0243. The average molecular weight is 298 g/mol. The Balaban J connectivity index is 1.79. The highest BCUT2D eigenvalue weighted by molar-refractivity contribution is 6.32. The monoisotopic (exact) mass is 297 g/mol. The Morgan fingerprint density at radius 3 is 3.10 bits per heavy atom. The van der Waals surface area contributed by atoms with E-state index in [2.05, 4.69) is 5.16 Å². The molecule has 1 atom stereocenters. The van der Waals surface area contributed by atoms with Crippen LogP contribution in [0.3, 0.4) is 0 Å². The number of aliphatic hydroxyl groups excluding tert-OH is 1. The van der Waals surface area contributed by atoms with Crippen molar-refractivity contribution in [2.45, 2.75) is 25.4 Å². The summed E-state index contributed by atoms with van der Waals surface area (Å²) in [6, 6.07) is 3.50. The molecule has 0 bridgehead atoms. The lowest BCUT2D eigenvalue weighted by Crippen LogP contribution is -2.16. The molecule has 1 fully saturated rings. The number of ether oxygens (including phenoxy) is 2. The van der Waals surface area contributed by atoms with E-state index in [1.807, 2.05) is 0 Å². The van der Waals surface area contributed by atoms with Gasteiger partial charge in [0.05, 0.1) is 16.8 Å². The van der Waals surface area contributed by atoms with Crippen LogP contribution >= 0.6 is 11.6 Å². The SMILES string of the molecule is OCCc1noc2cc(OCC3CCCO3)c(Cl)cc12. The van der Waals surface area contributed by atoms with Gasteiger partial charge >= 0.3 is 0 Å². The van der Waals surface area contributed by atoms with Crippen LogP contribution in [0.25, 0.3) is 11.0 Å². The fraction of sp³-hybridized carbons (Fsp3) is 0.500. The van der Waals surface area contributed by atoms with E-state index in [-0.39, 0.29) is 12.7 Å². The van der Waals surface area contributed by atoms with Crippen LogP contribution in [0.5, 0.6) is 5.75 Å². The number of hydrogen-bond acceptors (Lipinski definition) is 5.